The van der Waals surface area contributed by atoms with Crippen molar-refractivity contribution in [2.75, 3.05) is 7.11 Å². The van der Waals surface area contributed by atoms with Crippen molar-refractivity contribution < 1.29 is 9.53 Å². The first-order chi connectivity index (χ1) is 6.13. The quantitative estimate of drug-likeness (QED) is 0.717. The molecular weight excluding hydrogens is 166 g/mol. The molecule has 1 aliphatic heterocycles. The fourth-order valence-corrected chi connectivity index (χ4v) is 1.10. The minimum atomic E-state index is -0.105. The van der Waals surface area contributed by atoms with Gasteiger partial charge in [-0.25, -0.2) is 0 Å². The Morgan fingerprint density at radius 1 is 1.62 bits per heavy atom. The van der Waals surface area contributed by atoms with E-state index in [0.29, 0.717) is 11.7 Å². The van der Waals surface area contributed by atoms with Crippen LogP contribution in [0.25, 0.3) is 0 Å². The SMILES string of the molecule is COC1=CC(=O)NC1=CCC(C)C. The lowest BCUT2D eigenvalue weighted by Gasteiger charge is -2.04. The largest absolute Gasteiger partial charge is 0.494 e. The van der Waals surface area contributed by atoms with E-state index in [4.69, 9.17) is 4.74 Å². The number of methoxy groups -OCH3 is 1. The van der Waals surface area contributed by atoms with Crippen molar-refractivity contribution >= 4 is 5.91 Å². The van der Waals surface area contributed by atoms with Crippen LogP contribution >= 0.6 is 0 Å². The molecule has 1 amide bonds. The summed E-state index contributed by atoms with van der Waals surface area (Å²) in [5.41, 5.74) is 0.793. The van der Waals surface area contributed by atoms with E-state index in [1.54, 1.807) is 7.11 Å². The van der Waals surface area contributed by atoms with Crippen LogP contribution in [0, 0.1) is 5.92 Å². The zero-order valence-corrected chi connectivity index (χ0v) is 8.26. The lowest BCUT2D eigenvalue weighted by molar-refractivity contribution is -0.115. The van der Waals surface area contributed by atoms with Gasteiger partial charge in [-0.05, 0) is 12.3 Å². The summed E-state index contributed by atoms with van der Waals surface area (Å²) in [6.07, 6.45) is 4.40. The lowest BCUT2D eigenvalue weighted by Crippen LogP contribution is -2.14. The Labute approximate surface area is 78.5 Å². The van der Waals surface area contributed by atoms with Crippen molar-refractivity contribution in [3.63, 3.8) is 0 Å². The molecule has 3 heteroatoms. The zero-order chi connectivity index (χ0) is 9.84. The third-order valence-corrected chi connectivity index (χ3v) is 1.80. The van der Waals surface area contributed by atoms with Gasteiger partial charge in [0.1, 0.15) is 5.76 Å². The maximum atomic E-state index is 11.0. The highest BCUT2D eigenvalue weighted by Gasteiger charge is 2.17. The predicted molar refractivity (Wildman–Crippen MR) is 50.8 cm³/mol. The van der Waals surface area contributed by atoms with Crippen LogP contribution in [0.1, 0.15) is 20.3 Å². The summed E-state index contributed by atoms with van der Waals surface area (Å²) in [5, 5.41) is 2.71. The van der Waals surface area contributed by atoms with Gasteiger partial charge in [0.05, 0.1) is 12.8 Å². The molecule has 0 aromatic rings. The van der Waals surface area contributed by atoms with Crippen LogP contribution in [-0.2, 0) is 9.53 Å². The minimum Gasteiger partial charge on any atom is -0.494 e. The van der Waals surface area contributed by atoms with Crippen LogP contribution in [0.15, 0.2) is 23.6 Å². The summed E-state index contributed by atoms with van der Waals surface area (Å²) in [4.78, 5) is 11.0. The van der Waals surface area contributed by atoms with Gasteiger partial charge in [-0.1, -0.05) is 19.9 Å². The van der Waals surface area contributed by atoms with Crippen LogP contribution in [0.5, 0.6) is 0 Å². The van der Waals surface area contributed by atoms with Gasteiger partial charge in [0.15, 0.2) is 0 Å². The molecule has 0 saturated heterocycles. The maximum Gasteiger partial charge on any atom is 0.252 e. The van der Waals surface area contributed by atoms with E-state index in [2.05, 4.69) is 19.2 Å². The standard InChI is InChI=1S/C10H15NO2/c1-7(2)4-5-8-9(13-3)6-10(12)11-8/h5-7H,4H2,1-3H3,(H,11,12). The van der Waals surface area contributed by atoms with Gasteiger partial charge >= 0.3 is 0 Å². The summed E-state index contributed by atoms with van der Waals surface area (Å²) in [6.45, 7) is 4.26. The highest BCUT2D eigenvalue weighted by Crippen LogP contribution is 2.15. The molecule has 0 radical (unpaired) electrons. The Bertz CT molecular complexity index is 264. The molecule has 13 heavy (non-hydrogen) atoms. The minimum absolute atomic E-state index is 0.105. The third-order valence-electron chi connectivity index (χ3n) is 1.80. The number of carbonyl (C=O) groups excluding carboxylic acids is 1. The van der Waals surface area contributed by atoms with E-state index in [9.17, 15) is 4.79 Å². The van der Waals surface area contributed by atoms with E-state index in [-0.39, 0.29) is 5.91 Å². The highest BCUT2D eigenvalue weighted by atomic mass is 16.5. The number of ether oxygens (including phenoxy) is 1. The molecule has 0 saturated carbocycles. The topological polar surface area (TPSA) is 38.3 Å². The van der Waals surface area contributed by atoms with Crippen molar-refractivity contribution in [2.45, 2.75) is 20.3 Å². The second kappa shape index (κ2) is 4.12. The van der Waals surface area contributed by atoms with Crippen LogP contribution in [0.4, 0.5) is 0 Å². The average Bonchev–Trinajstić information content (AvgIpc) is 2.42. The molecule has 0 aliphatic carbocycles. The van der Waals surface area contributed by atoms with Crippen molar-refractivity contribution in [1.82, 2.24) is 5.32 Å². The second-order valence-corrected chi connectivity index (χ2v) is 3.45. The van der Waals surface area contributed by atoms with Crippen LogP contribution in [0.2, 0.25) is 0 Å². The van der Waals surface area contributed by atoms with Gasteiger partial charge in [0.2, 0.25) is 0 Å². The monoisotopic (exact) mass is 181 g/mol. The Hall–Kier alpha value is -1.25. The summed E-state index contributed by atoms with van der Waals surface area (Å²) < 4.78 is 5.04. The van der Waals surface area contributed by atoms with Crippen molar-refractivity contribution in [3.05, 3.63) is 23.6 Å². The van der Waals surface area contributed by atoms with Gasteiger partial charge in [-0.2, -0.15) is 0 Å². The van der Waals surface area contributed by atoms with Gasteiger partial charge in [0, 0.05) is 6.08 Å². The molecule has 1 rings (SSSR count). The highest BCUT2D eigenvalue weighted by molar-refractivity contribution is 5.94. The number of hydrogen-bond donors (Lipinski definition) is 1. The summed E-state index contributed by atoms with van der Waals surface area (Å²) in [6, 6.07) is 0. The fraction of sp³-hybridized carbons (Fsp3) is 0.500. The molecule has 1 heterocycles. The maximum absolute atomic E-state index is 11.0. The number of carbonyl (C=O) groups is 1. The van der Waals surface area contributed by atoms with E-state index >= 15 is 0 Å². The molecule has 1 aliphatic rings. The molecular formula is C10H15NO2. The third kappa shape index (κ3) is 2.61. The number of nitrogens with one attached hydrogen (secondary N) is 1. The Morgan fingerprint density at radius 2 is 2.31 bits per heavy atom. The predicted octanol–water partition coefficient (Wildman–Crippen LogP) is 1.58. The first-order valence-electron chi connectivity index (χ1n) is 4.40. The van der Waals surface area contributed by atoms with Crippen molar-refractivity contribution in [2.24, 2.45) is 5.92 Å². The van der Waals surface area contributed by atoms with Crippen molar-refractivity contribution in [3.8, 4) is 0 Å². The number of rotatable bonds is 3. The van der Waals surface area contributed by atoms with Crippen LogP contribution in [0.3, 0.4) is 0 Å². The van der Waals surface area contributed by atoms with E-state index in [1.165, 1.54) is 6.08 Å². The number of allylic oxidation sites excluding steroid dienone is 1. The van der Waals surface area contributed by atoms with Gasteiger partial charge in [-0.15, -0.1) is 0 Å². The van der Waals surface area contributed by atoms with Crippen LogP contribution < -0.4 is 5.32 Å². The van der Waals surface area contributed by atoms with Crippen LogP contribution in [-0.4, -0.2) is 13.0 Å². The van der Waals surface area contributed by atoms with Gasteiger partial charge < -0.3 is 10.1 Å². The molecule has 1 N–H and O–H groups in total. The number of amides is 1. The molecule has 0 aromatic carbocycles. The Balaban J connectivity index is 2.66. The molecule has 0 bridgehead atoms. The molecule has 0 spiro atoms. The lowest BCUT2D eigenvalue weighted by atomic mass is 10.1. The first kappa shape index (κ1) is 9.84. The molecule has 0 aromatic heterocycles. The van der Waals surface area contributed by atoms with E-state index in [0.717, 1.165) is 12.1 Å². The molecule has 3 nitrogen and oxygen atoms in total. The Kier molecular flexibility index (Phi) is 3.12. The fourth-order valence-electron chi connectivity index (χ4n) is 1.10. The average molecular weight is 181 g/mol. The summed E-state index contributed by atoms with van der Waals surface area (Å²) in [5.74, 6) is 1.11. The second-order valence-electron chi connectivity index (χ2n) is 3.45. The normalized spacial score (nSPS) is 19.2. The molecule has 0 unspecified atom stereocenters. The van der Waals surface area contributed by atoms with E-state index < -0.39 is 0 Å². The van der Waals surface area contributed by atoms with Gasteiger partial charge in [-0.3, -0.25) is 4.79 Å². The van der Waals surface area contributed by atoms with Gasteiger partial charge in [0.25, 0.3) is 5.91 Å². The molecule has 72 valence electrons. The van der Waals surface area contributed by atoms with E-state index in [1.807, 2.05) is 6.08 Å². The molecule has 0 fully saturated rings. The zero-order valence-electron chi connectivity index (χ0n) is 8.26. The number of hydrogen-bond acceptors (Lipinski definition) is 2. The summed E-state index contributed by atoms with van der Waals surface area (Å²) in [7, 11) is 1.56. The van der Waals surface area contributed by atoms with Crippen molar-refractivity contribution in [1.29, 1.82) is 0 Å². The summed E-state index contributed by atoms with van der Waals surface area (Å²) >= 11 is 0. The molecule has 0 atom stereocenters. The smallest absolute Gasteiger partial charge is 0.252 e. The first-order valence-corrected chi connectivity index (χ1v) is 4.40. The Morgan fingerprint density at radius 3 is 2.85 bits per heavy atom.